The quantitative estimate of drug-likeness (QED) is 0.248. The molecule has 188 valence electrons. The molecular weight excluding hydrogens is 503 g/mol. The van der Waals surface area contributed by atoms with Gasteiger partial charge in [-0.15, -0.1) is 11.8 Å². The van der Waals surface area contributed by atoms with Crippen molar-refractivity contribution in [3.8, 4) is 11.8 Å². The van der Waals surface area contributed by atoms with Crippen molar-refractivity contribution >= 4 is 29.2 Å². The Bertz CT molecular complexity index is 1700. The van der Waals surface area contributed by atoms with Gasteiger partial charge in [0.05, 0.1) is 5.88 Å². The van der Waals surface area contributed by atoms with Gasteiger partial charge in [0.25, 0.3) is 11.8 Å². The first-order valence-corrected chi connectivity index (χ1v) is 12.5. The number of carbonyl (C=O) groups excluding carboxylic acids is 2. The molecule has 0 bridgehead atoms. The molecule has 0 aliphatic carbocycles. The second-order valence-corrected chi connectivity index (χ2v) is 9.24. The van der Waals surface area contributed by atoms with Gasteiger partial charge < -0.3 is 15.5 Å². The highest BCUT2D eigenvalue weighted by molar-refractivity contribution is 7.98. The van der Waals surface area contributed by atoms with Gasteiger partial charge in [0.1, 0.15) is 17.2 Å². The molecule has 3 N–H and O–H groups in total. The normalized spacial score (nSPS) is 10.7. The van der Waals surface area contributed by atoms with Crippen LogP contribution in [-0.4, -0.2) is 31.0 Å². The lowest BCUT2D eigenvalue weighted by molar-refractivity contribution is 0.0949. The first-order valence-electron chi connectivity index (χ1n) is 11.5. The molecule has 0 aliphatic heterocycles. The second kappa shape index (κ2) is 11.0. The summed E-state index contributed by atoms with van der Waals surface area (Å²) in [7, 11) is 0. The molecule has 0 saturated carbocycles. The minimum Gasteiger partial charge on any atom is -0.364 e. The van der Waals surface area contributed by atoms with Crippen LogP contribution in [0.2, 0.25) is 0 Å². The summed E-state index contributed by atoms with van der Waals surface area (Å²) in [6, 6.07) is 16.6. The molecule has 5 aromatic rings. The van der Waals surface area contributed by atoms with E-state index >= 15 is 0 Å². The van der Waals surface area contributed by atoms with Gasteiger partial charge in [-0.3, -0.25) is 14.3 Å². The van der Waals surface area contributed by atoms with Gasteiger partial charge in [-0.05, 0) is 66.2 Å². The van der Waals surface area contributed by atoms with Crippen molar-refractivity contribution < 1.29 is 14.0 Å². The molecule has 0 aliphatic rings. The van der Waals surface area contributed by atoms with E-state index in [0.717, 1.165) is 16.1 Å². The van der Waals surface area contributed by atoms with Gasteiger partial charge in [0, 0.05) is 52.9 Å². The molecule has 8 nitrogen and oxygen atoms in total. The van der Waals surface area contributed by atoms with E-state index in [9.17, 15) is 14.0 Å². The highest BCUT2D eigenvalue weighted by Crippen LogP contribution is 2.25. The molecule has 3 heterocycles. The number of imidazole rings is 1. The molecule has 2 amide bonds. The lowest BCUT2D eigenvalue weighted by Gasteiger charge is -2.09. The number of amides is 2. The van der Waals surface area contributed by atoms with Gasteiger partial charge in [-0.25, -0.2) is 9.37 Å². The van der Waals surface area contributed by atoms with Gasteiger partial charge in [0.15, 0.2) is 0 Å². The third-order valence-corrected chi connectivity index (χ3v) is 6.65. The smallest absolute Gasteiger partial charge is 0.269 e. The minimum atomic E-state index is -0.598. The third-order valence-electron chi connectivity index (χ3n) is 5.59. The van der Waals surface area contributed by atoms with Crippen LogP contribution in [0.25, 0.3) is 5.65 Å². The predicted octanol–water partition coefficient (Wildman–Crippen LogP) is 3.85. The molecule has 0 fully saturated rings. The molecule has 0 spiro atoms. The van der Waals surface area contributed by atoms with Crippen LogP contribution in [0.15, 0.2) is 90.3 Å². The summed E-state index contributed by atoms with van der Waals surface area (Å²) in [5.41, 5.74) is 8.92. The molecule has 2 aromatic carbocycles. The molecule has 0 radical (unpaired) electrons. The number of aromatic nitrogens is 4. The van der Waals surface area contributed by atoms with Crippen molar-refractivity contribution in [2.45, 2.75) is 17.3 Å². The van der Waals surface area contributed by atoms with Crippen molar-refractivity contribution in [2.75, 3.05) is 0 Å². The van der Waals surface area contributed by atoms with Crippen molar-refractivity contribution in [2.24, 2.45) is 5.73 Å². The number of nitrogens with two attached hydrogens (primary N) is 1. The van der Waals surface area contributed by atoms with Crippen LogP contribution in [0.3, 0.4) is 0 Å². The third kappa shape index (κ3) is 5.91. The Kier molecular flexibility index (Phi) is 7.19. The number of pyridine rings is 1. The lowest BCUT2D eigenvalue weighted by atomic mass is 10.1. The standard InChI is InChI=1S/C28H21FN6O2S/c29-23-6-2-19(3-7-23)1-4-21-16-22(5-8-25(21)38-18-35-13-10-24(33-35)27(30)36)28(37)32-17-20-9-12-34-14-11-31-26(34)15-20/h2-3,5-16H,17-18H2,(H2,30,36)(H,32,37). The van der Waals surface area contributed by atoms with Crippen molar-refractivity contribution in [3.05, 3.63) is 119 Å². The van der Waals surface area contributed by atoms with Crippen molar-refractivity contribution in [1.82, 2.24) is 24.5 Å². The summed E-state index contributed by atoms with van der Waals surface area (Å²) in [5, 5.41) is 7.09. The van der Waals surface area contributed by atoms with E-state index in [-0.39, 0.29) is 17.4 Å². The number of hydrogen-bond acceptors (Lipinski definition) is 5. The van der Waals surface area contributed by atoms with Crippen LogP contribution >= 0.6 is 11.8 Å². The highest BCUT2D eigenvalue weighted by atomic mass is 32.2. The van der Waals surface area contributed by atoms with E-state index < -0.39 is 5.91 Å². The summed E-state index contributed by atoms with van der Waals surface area (Å²) in [5.74, 6) is 5.36. The van der Waals surface area contributed by atoms with Crippen LogP contribution in [0.1, 0.15) is 37.5 Å². The number of fused-ring (bicyclic) bond motifs is 1. The van der Waals surface area contributed by atoms with Gasteiger partial charge in [-0.2, -0.15) is 5.10 Å². The average molecular weight is 525 g/mol. The SMILES string of the molecule is NC(=O)c1ccn(CSc2ccc(C(=O)NCc3ccn4ccnc4c3)cc2C#Cc2ccc(F)cc2)n1. The first-order chi connectivity index (χ1) is 18.4. The fourth-order valence-electron chi connectivity index (χ4n) is 3.61. The van der Waals surface area contributed by atoms with E-state index in [2.05, 4.69) is 27.2 Å². The molecule has 0 unspecified atom stereocenters. The molecular formula is C28H21FN6O2S. The fourth-order valence-corrected chi connectivity index (χ4v) is 4.46. The maximum atomic E-state index is 13.3. The van der Waals surface area contributed by atoms with Crippen LogP contribution in [-0.2, 0) is 12.4 Å². The largest absolute Gasteiger partial charge is 0.364 e. The van der Waals surface area contributed by atoms with Crippen LogP contribution in [0.5, 0.6) is 0 Å². The summed E-state index contributed by atoms with van der Waals surface area (Å²) >= 11 is 1.44. The van der Waals surface area contributed by atoms with Crippen LogP contribution in [0, 0.1) is 17.7 Å². The number of nitrogens with one attached hydrogen (secondary N) is 1. The molecule has 10 heteroatoms. The Morgan fingerprint density at radius 3 is 2.63 bits per heavy atom. The fraction of sp³-hybridized carbons (Fsp3) is 0.0714. The number of carbonyl (C=O) groups is 2. The van der Waals surface area contributed by atoms with Crippen LogP contribution < -0.4 is 11.1 Å². The zero-order valence-electron chi connectivity index (χ0n) is 20.0. The summed E-state index contributed by atoms with van der Waals surface area (Å²) < 4.78 is 16.8. The Morgan fingerprint density at radius 1 is 1.00 bits per heavy atom. The van der Waals surface area contributed by atoms with Crippen molar-refractivity contribution in [3.63, 3.8) is 0 Å². The maximum Gasteiger partial charge on any atom is 0.269 e. The molecule has 0 atom stereocenters. The molecule has 5 rings (SSSR count). The number of nitrogens with zero attached hydrogens (tertiary/aromatic N) is 4. The van der Waals surface area contributed by atoms with E-state index in [4.69, 9.17) is 5.73 Å². The summed E-state index contributed by atoms with van der Waals surface area (Å²) in [6.45, 7) is 0.344. The minimum absolute atomic E-state index is 0.181. The Labute approximate surface area is 221 Å². The van der Waals surface area contributed by atoms with Crippen molar-refractivity contribution in [1.29, 1.82) is 0 Å². The summed E-state index contributed by atoms with van der Waals surface area (Å²) in [4.78, 5) is 29.4. The zero-order chi connectivity index (χ0) is 26.5. The second-order valence-electron chi connectivity index (χ2n) is 8.26. The van der Waals surface area contributed by atoms with E-state index in [1.165, 1.54) is 23.9 Å². The molecule has 0 saturated heterocycles. The number of benzene rings is 2. The van der Waals surface area contributed by atoms with Gasteiger partial charge in [0.2, 0.25) is 0 Å². The van der Waals surface area contributed by atoms with Crippen LogP contribution in [0.4, 0.5) is 4.39 Å². The topological polar surface area (TPSA) is 107 Å². The number of thioether (sulfide) groups is 1. The Hall–Kier alpha value is -4.88. The zero-order valence-corrected chi connectivity index (χ0v) is 20.8. The lowest BCUT2D eigenvalue weighted by Crippen LogP contribution is -2.23. The molecule has 38 heavy (non-hydrogen) atoms. The van der Waals surface area contributed by atoms with Gasteiger partial charge >= 0.3 is 0 Å². The van der Waals surface area contributed by atoms with E-state index in [1.54, 1.807) is 47.4 Å². The first kappa shape index (κ1) is 24.8. The van der Waals surface area contributed by atoms with Gasteiger partial charge in [-0.1, -0.05) is 11.8 Å². The summed E-state index contributed by atoms with van der Waals surface area (Å²) in [6.07, 6.45) is 7.13. The Balaban J connectivity index is 1.36. The number of hydrogen-bond donors (Lipinski definition) is 2. The average Bonchev–Trinajstić information content (AvgIpc) is 3.60. The van der Waals surface area contributed by atoms with E-state index in [1.807, 2.05) is 35.0 Å². The highest BCUT2D eigenvalue weighted by Gasteiger charge is 2.11. The predicted molar refractivity (Wildman–Crippen MR) is 142 cm³/mol. The van der Waals surface area contributed by atoms with E-state index in [0.29, 0.717) is 29.1 Å². The molecule has 3 aromatic heterocycles. The monoisotopic (exact) mass is 524 g/mol. The number of primary amides is 1. The number of halogens is 1. The Morgan fingerprint density at radius 2 is 1.84 bits per heavy atom. The number of rotatable bonds is 7. The maximum absolute atomic E-state index is 13.3.